The van der Waals surface area contributed by atoms with Crippen LogP contribution in [-0.2, 0) is 0 Å². The number of halogens is 1. The lowest BCUT2D eigenvalue weighted by Gasteiger charge is -2.01. The molecule has 0 saturated heterocycles. The summed E-state index contributed by atoms with van der Waals surface area (Å²) in [5.74, 6) is 1.05. The van der Waals surface area contributed by atoms with E-state index in [0.29, 0.717) is 0 Å². The average Bonchev–Trinajstić information content (AvgIpc) is 2.01. The highest BCUT2D eigenvalue weighted by Gasteiger charge is 1.91. The van der Waals surface area contributed by atoms with E-state index in [9.17, 15) is 0 Å². The summed E-state index contributed by atoms with van der Waals surface area (Å²) >= 11 is 5.00. The second-order valence-electron chi connectivity index (χ2n) is 1.93. The molecule has 1 aromatic rings. The molecule has 1 heterocycles. The summed E-state index contributed by atoms with van der Waals surface area (Å²) in [6.07, 6.45) is 3.56. The molecular weight excluding hydrogens is 224 g/mol. The number of hydrogen-bond acceptors (Lipinski definition) is 3. The number of pyridine rings is 1. The lowest BCUT2D eigenvalue weighted by atomic mass is 10.4. The van der Waals surface area contributed by atoms with Crippen molar-refractivity contribution in [3.8, 4) is 0 Å². The molecule has 0 aromatic carbocycles. The quantitative estimate of drug-likeness (QED) is 0.812. The second kappa shape index (κ2) is 4.62. The van der Waals surface area contributed by atoms with Crippen molar-refractivity contribution in [3.05, 3.63) is 22.9 Å². The number of nitrogens with zero attached hydrogens (tertiary/aromatic N) is 1. The van der Waals surface area contributed by atoms with Crippen LogP contribution < -0.4 is 4.72 Å². The van der Waals surface area contributed by atoms with Gasteiger partial charge in [-0.15, -0.1) is 0 Å². The van der Waals surface area contributed by atoms with Crippen LogP contribution in [0.2, 0.25) is 0 Å². The number of anilines is 1. The van der Waals surface area contributed by atoms with Gasteiger partial charge in [-0.25, -0.2) is 0 Å². The van der Waals surface area contributed by atoms with Crippen molar-refractivity contribution in [2.45, 2.75) is 6.92 Å². The van der Waals surface area contributed by atoms with Crippen molar-refractivity contribution in [2.24, 2.45) is 0 Å². The van der Waals surface area contributed by atoms with Gasteiger partial charge in [-0.05, 0) is 22.0 Å². The molecule has 0 spiro atoms. The highest BCUT2D eigenvalue weighted by Crippen LogP contribution is 2.16. The molecule has 2 nitrogen and oxygen atoms in total. The van der Waals surface area contributed by atoms with Crippen LogP contribution in [0.15, 0.2) is 22.9 Å². The molecule has 0 aliphatic rings. The van der Waals surface area contributed by atoms with Gasteiger partial charge in [-0.2, -0.15) is 0 Å². The van der Waals surface area contributed by atoms with Gasteiger partial charge in [0.05, 0.1) is 11.9 Å². The number of rotatable bonds is 3. The molecule has 0 atom stereocenters. The molecule has 0 radical (unpaired) electrons. The van der Waals surface area contributed by atoms with E-state index in [1.54, 1.807) is 24.3 Å². The summed E-state index contributed by atoms with van der Waals surface area (Å²) in [6.45, 7) is 2.10. The fourth-order valence-electron chi connectivity index (χ4n) is 0.623. The smallest absolute Gasteiger partial charge is 0.0637 e. The van der Waals surface area contributed by atoms with Crippen LogP contribution in [0.5, 0.6) is 0 Å². The minimum atomic E-state index is 0.999. The first-order valence-corrected chi connectivity index (χ1v) is 5.09. The SMILES string of the molecule is CCSNc1cncc(Br)c1. The zero-order chi connectivity index (χ0) is 8.10. The Morgan fingerprint density at radius 1 is 1.64 bits per heavy atom. The normalized spacial score (nSPS) is 9.64. The van der Waals surface area contributed by atoms with Crippen molar-refractivity contribution in [1.82, 2.24) is 4.98 Å². The minimum Gasteiger partial charge on any atom is -0.328 e. The van der Waals surface area contributed by atoms with Crippen LogP contribution in [0.1, 0.15) is 6.92 Å². The molecule has 4 heteroatoms. The summed E-state index contributed by atoms with van der Waals surface area (Å²) in [5.41, 5.74) is 1.03. The van der Waals surface area contributed by atoms with Crippen LogP contribution in [-0.4, -0.2) is 10.7 Å². The third kappa shape index (κ3) is 3.12. The van der Waals surface area contributed by atoms with Crippen LogP contribution in [0.4, 0.5) is 5.69 Å². The van der Waals surface area contributed by atoms with Gasteiger partial charge in [0.15, 0.2) is 0 Å². The lowest BCUT2D eigenvalue weighted by molar-refractivity contribution is 1.31. The molecule has 0 bridgehead atoms. The van der Waals surface area contributed by atoms with Crippen LogP contribution in [0, 0.1) is 0 Å². The predicted molar refractivity (Wildman–Crippen MR) is 53.7 cm³/mol. The molecule has 1 aromatic heterocycles. The highest BCUT2D eigenvalue weighted by atomic mass is 79.9. The summed E-state index contributed by atoms with van der Waals surface area (Å²) < 4.78 is 4.16. The predicted octanol–water partition coefficient (Wildman–Crippen LogP) is 2.92. The maximum absolute atomic E-state index is 4.01. The van der Waals surface area contributed by atoms with E-state index < -0.39 is 0 Å². The lowest BCUT2D eigenvalue weighted by Crippen LogP contribution is -1.87. The van der Waals surface area contributed by atoms with Gasteiger partial charge in [-0.3, -0.25) is 4.98 Å². The van der Waals surface area contributed by atoms with Gasteiger partial charge < -0.3 is 4.72 Å². The van der Waals surface area contributed by atoms with Gasteiger partial charge in [-0.1, -0.05) is 18.9 Å². The van der Waals surface area contributed by atoms with Gasteiger partial charge in [0.1, 0.15) is 0 Å². The molecule has 0 fully saturated rings. The fraction of sp³-hybridized carbons (Fsp3) is 0.286. The second-order valence-corrected chi connectivity index (χ2v) is 3.91. The van der Waals surface area contributed by atoms with Gasteiger partial charge in [0, 0.05) is 16.4 Å². The molecule has 0 aliphatic heterocycles. The van der Waals surface area contributed by atoms with Gasteiger partial charge in [0.25, 0.3) is 0 Å². The molecule has 11 heavy (non-hydrogen) atoms. The first kappa shape index (κ1) is 8.87. The Morgan fingerprint density at radius 3 is 3.09 bits per heavy atom. The maximum atomic E-state index is 4.01. The summed E-state index contributed by atoms with van der Waals surface area (Å²) in [4.78, 5) is 4.01. The number of hydrogen-bond donors (Lipinski definition) is 1. The van der Waals surface area contributed by atoms with Crippen molar-refractivity contribution >= 4 is 33.6 Å². The molecule has 60 valence electrons. The zero-order valence-corrected chi connectivity index (χ0v) is 8.58. The largest absolute Gasteiger partial charge is 0.328 e. The van der Waals surface area contributed by atoms with Crippen molar-refractivity contribution in [2.75, 3.05) is 10.5 Å². The third-order valence-electron chi connectivity index (χ3n) is 1.04. The first-order valence-electron chi connectivity index (χ1n) is 3.31. The molecule has 0 amide bonds. The monoisotopic (exact) mass is 232 g/mol. The fourth-order valence-corrected chi connectivity index (χ4v) is 1.41. The van der Waals surface area contributed by atoms with Crippen molar-refractivity contribution in [1.29, 1.82) is 0 Å². The minimum absolute atomic E-state index is 0.999. The Morgan fingerprint density at radius 2 is 2.45 bits per heavy atom. The Balaban J connectivity index is 2.56. The Hall–Kier alpha value is -0.220. The van der Waals surface area contributed by atoms with Crippen molar-refractivity contribution in [3.63, 3.8) is 0 Å². The summed E-state index contributed by atoms with van der Waals surface area (Å²) in [6, 6.07) is 2.00. The molecule has 0 saturated carbocycles. The molecule has 1 N–H and O–H groups in total. The van der Waals surface area contributed by atoms with Crippen molar-refractivity contribution < 1.29 is 0 Å². The number of nitrogens with one attached hydrogen (secondary N) is 1. The summed E-state index contributed by atoms with van der Waals surface area (Å²) in [5, 5.41) is 0. The Bertz CT molecular complexity index is 229. The van der Waals surface area contributed by atoms with E-state index in [4.69, 9.17) is 0 Å². The zero-order valence-electron chi connectivity index (χ0n) is 6.17. The molecular formula is C7H9BrN2S. The average molecular weight is 233 g/mol. The first-order chi connectivity index (χ1) is 5.33. The van der Waals surface area contributed by atoms with Crippen LogP contribution in [0.25, 0.3) is 0 Å². The standard InChI is InChI=1S/C7H9BrN2S/c1-2-11-10-7-3-6(8)4-9-5-7/h3-5,10H,2H2,1H3. The molecule has 0 aliphatic carbocycles. The van der Waals surface area contributed by atoms with Gasteiger partial charge in [0.2, 0.25) is 0 Å². The molecule has 0 unspecified atom stereocenters. The Kier molecular flexibility index (Phi) is 3.72. The van der Waals surface area contributed by atoms with Crippen LogP contribution in [0.3, 0.4) is 0 Å². The van der Waals surface area contributed by atoms with E-state index in [1.807, 2.05) is 6.07 Å². The van der Waals surface area contributed by atoms with E-state index in [2.05, 4.69) is 32.6 Å². The van der Waals surface area contributed by atoms with E-state index >= 15 is 0 Å². The maximum Gasteiger partial charge on any atom is 0.0637 e. The van der Waals surface area contributed by atoms with Crippen LogP contribution >= 0.6 is 27.9 Å². The topological polar surface area (TPSA) is 24.9 Å². The molecule has 1 rings (SSSR count). The van der Waals surface area contributed by atoms with Gasteiger partial charge >= 0.3 is 0 Å². The third-order valence-corrected chi connectivity index (χ3v) is 2.14. The van der Waals surface area contributed by atoms with E-state index in [-0.39, 0.29) is 0 Å². The number of aromatic nitrogens is 1. The Labute approximate surface area is 79.1 Å². The summed E-state index contributed by atoms with van der Waals surface area (Å²) in [7, 11) is 0. The van der Waals surface area contributed by atoms with E-state index in [0.717, 1.165) is 15.9 Å². The highest BCUT2D eigenvalue weighted by molar-refractivity contribution is 9.10. The van der Waals surface area contributed by atoms with E-state index in [1.165, 1.54) is 0 Å².